The van der Waals surface area contributed by atoms with Crippen LogP contribution in [-0.2, 0) is 17.6 Å². The molecule has 4 heterocycles. The van der Waals surface area contributed by atoms with Crippen LogP contribution in [0.3, 0.4) is 0 Å². The zero-order valence-electron chi connectivity index (χ0n) is 18.2. The molecule has 0 radical (unpaired) electrons. The van der Waals surface area contributed by atoms with E-state index in [0.29, 0.717) is 11.8 Å². The number of anilines is 1. The largest absolute Gasteiger partial charge is 0.481 e. The van der Waals surface area contributed by atoms with E-state index in [4.69, 9.17) is 9.72 Å². The van der Waals surface area contributed by atoms with E-state index in [0.717, 1.165) is 68.8 Å². The van der Waals surface area contributed by atoms with Crippen LogP contribution in [0.1, 0.15) is 55.0 Å². The molecular weight excluding hydrogens is 392 g/mol. The van der Waals surface area contributed by atoms with Crippen LogP contribution in [0.2, 0.25) is 0 Å². The Balaban J connectivity index is 1.31. The fourth-order valence-corrected chi connectivity index (χ4v) is 4.79. The van der Waals surface area contributed by atoms with Crippen LogP contribution in [0.5, 0.6) is 5.88 Å². The van der Waals surface area contributed by atoms with Crippen molar-refractivity contribution in [3.05, 3.63) is 47.3 Å². The van der Waals surface area contributed by atoms with Crippen molar-refractivity contribution in [2.24, 2.45) is 5.92 Å². The summed E-state index contributed by atoms with van der Waals surface area (Å²) in [4.78, 5) is 22.9. The van der Waals surface area contributed by atoms with Crippen molar-refractivity contribution in [1.82, 2.24) is 14.9 Å². The number of aliphatic carboxylic acids is 1. The summed E-state index contributed by atoms with van der Waals surface area (Å²) in [5.41, 5.74) is 3.43. The maximum absolute atomic E-state index is 11.5. The highest BCUT2D eigenvalue weighted by Gasteiger charge is 2.30. The van der Waals surface area contributed by atoms with E-state index in [1.165, 1.54) is 12.0 Å². The minimum absolute atomic E-state index is 0.0901. The van der Waals surface area contributed by atoms with Gasteiger partial charge in [0.1, 0.15) is 5.82 Å². The molecule has 1 saturated heterocycles. The molecule has 0 aromatic carbocycles. The first-order chi connectivity index (χ1) is 15.1. The molecule has 0 saturated carbocycles. The summed E-state index contributed by atoms with van der Waals surface area (Å²) in [6, 6.07) is 7.99. The van der Waals surface area contributed by atoms with Crippen LogP contribution in [0.15, 0.2) is 30.5 Å². The molecule has 7 nitrogen and oxygen atoms in total. The van der Waals surface area contributed by atoms with E-state index in [1.54, 1.807) is 19.4 Å². The smallest absolute Gasteiger partial charge is 0.305 e. The van der Waals surface area contributed by atoms with E-state index in [1.807, 2.05) is 6.07 Å². The van der Waals surface area contributed by atoms with Gasteiger partial charge >= 0.3 is 5.97 Å². The van der Waals surface area contributed by atoms with Gasteiger partial charge in [-0.2, -0.15) is 0 Å². The molecule has 2 N–H and O–H groups in total. The van der Waals surface area contributed by atoms with Crippen LogP contribution in [0.25, 0.3) is 0 Å². The Hall–Kier alpha value is -2.67. The number of carbonyl (C=O) groups is 1. The number of ether oxygens (including phenoxy) is 1. The minimum Gasteiger partial charge on any atom is -0.481 e. The SMILES string of the molecule is COc1ccc([C@H](CC(=O)O)N2CCC(CCCc3ccc4c(n3)NCCC4)C2)cn1. The fraction of sp³-hybridized carbons (Fsp3) is 0.542. The van der Waals surface area contributed by atoms with Gasteiger partial charge in [-0.15, -0.1) is 0 Å². The third kappa shape index (κ3) is 5.53. The van der Waals surface area contributed by atoms with Crippen LogP contribution in [-0.4, -0.2) is 52.7 Å². The standard InChI is InChI=1S/C24H32N4O3/c1-31-22-10-8-19(15-26-22)21(14-23(29)30)28-13-11-17(16-28)4-2-6-20-9-7-18-5-3-12-25-24(18)27-20/h7-10,15,17,21H,2-6,11-14,16H2,1H3,(H,25,27)(H,29,30)/t17?,21-/m0/s1. The molecule has 0 amide bonds. The molecule has 0 bridgehead atoms. The van der Waals surface area contributed by atoms with E-state index < -0.39 is 5.97 Å². The average molecular weight is 425 g/mol. The van der Waals surface area contributed by atoms with Crippen LogP contribution >= 0.6 is 0 Å². The molecule has 7 heteroatoms. The molecule has 2 aromatic heterocycles. The normalized spacial score (nSPS) is 19.5. The lowest BCUT2D eigenvalue weighted by molar-refractivity contribution is -0.138. The summed E-state index contributed by atoms with van der Waals surface area (Å²) >= 11 is 0. The molecule has 2 aliphatic heterocycles. The zero-order chi connectivity index (χ0) is 21.6. The fourth-order valence-electron chi connectivity index (χ4n) is 4.79. The summed E-state index contributed by atoms with van der Waals surface area (Å²) in [5.74, 6) is 1.43. The number of rotatable bonds is 9. The van der Waals surface area contributed by atoms with Crippen LogP contribution in [0.4, 0.5) is 5.82 Å². The first-order valence-electron chi connectivity index (χ1n) is 11.3. The monoisotopic (exact) mass is 424 g/mol. The maximum atomic E-state index is 11.5. The van der Waals surface area contributed by atoms with Crippen LogP contribution in [0, 0.1) is 5.92 Å². The number of carboxylic acid groups (broad SMARTS) is 1. The van der Waals surface area contributed by atoms with Gasteiger partial charge in [-0.3, -0.25) is 9.69 Å². The van der Waals surface area contributed by atoms with Gasteiger partial charge in [0.05, 0.1) is 13.5 Å². The average Bonchev–Trinajstić information content (AvgIpc) is 3.26. The number of nitrogens with zero attached hydrogens (tertiary/aromatic N) is 3. The third-order valence-electron chi connectivity index (χ3n) is 6.48. The zero-order valence-corrected chi connectivity index (χ0v) is 18.2. The molecule has 166 valence electrons. The number of aromatic nitrogens is 2. The van der Waals surface area contributed by atoms with Crippen molar-refractivity contribution in [2.45, 2.75) is 51.0 Å². The number of hydrogen-bond acceptors (Lipinski definition) is 6. The number of likely N-dealkylation sites (tertiary alicyclic amines) is 1. The maximum Gasteiger partial charge on any atom is 0.305 e. The first-order valence-corrected chi connectivity index (χ1v) is 11.3. The number of carboxylic acids is 1. The molecular formula is C24H32N4O3. The number of hydrogen-bond donors (Lipinski definition) is 2. The van der Waals surface area contributed by atoms with Crippen molar-refractivity contribution >= 4 is 11.8 Å². The lowest BCUT2D eigenvalue weighted by atomic mass is 9.99. The lowest BCUT2D eigenvalue weighted by Gasteiger charge is -2.27. The number of methoxy groups -OCH3 is 1. The van der Waals surface area contributed by atoms with Gasteiger partial charge in [-0.25, -0.2) is 9.97 Å². The van der Waals surface area contributed by atoms with Gasteiger partial charge in [0.25, 0.3) is 0 Å². The Bertz CT molecular complexity index is 887. The highest BCUT2D eigenvalue weighted by molar-refractivity contribution is 5.68. The number of fused-ring (bicyclic) bond motifs is 1. The van der Waals surface area contributed by atoms with Crippen molar-refractivity contribution in [1.29, 1.82) is 0 Å². The van der Waals surface area contributed by atoms with Gasteiger partial charge in [-0.1, -0.05) is 12.1 Å². The molecule has 1 unspecified atom stereocenters. The van der Waals surface area contributed by atoms with Crippen molar-refractivity contribution in [3.63, 3.8) is 0 Å². The Labute approximate surface area is 183 Å². The topological polar surface area (TPSA) is 87.6 Å². The number of pyridine rings is 2. The second kappa shape index (κ2) is 10.1. The van der Waals surface area contributed by atoms with Gasteiger partial charge in [0.15, 0.2) is 0 Å². The highest BCUT2D eigenvalue weighted by atomic mass is 16.5. The Morgan fingerprint density at radius 2 is 2.26 bits per heavy atom. The summed E-state index contributed by atoms with van der Waals surface area (Å²) < 4.78 is 5.13. The second-order valence-corrected chi connectivity index (χ2v) is 8.63. The Kier molecular flexibility index (Phi) is 7.02. The van der Waals surface area contributed by atoms with Gasteiger partial charge < -0.3 is 15.2 Å². The lowest BCUT2D eigenvalue weighted by Crippen LogP contribution is -2.28. The second-order valence-electron chi connectivity index (χ2n) is 8.63. The molecule has 0 aliphatic carbocycles. The highest BCUT2D eigenvalue weighted by Crippen LogP contribution is 2.32. The predicted octanol–water partition coefficient (Wildman–Crippen LogP) is 3.70. The molecule has 4 rings (SSSR count). The molecule has 2 aromatic rings. The number of nitrogens with one attached hydrogen (secondary N) is 1. The predicted molar refractivity (Wildman–Crippen MR) is 119 cm³/mol. The summed E-state index contributed by atoms with van der Waals surface area (Å²) in [6.45, 7) is 2.88. The third-order valence-corrected chi connectivity index (χ3v) is 6.48. The molecule has 2 aliphatic rings. The molecule has 0 spiro atoms. The van der Waals surface area contributed by atoms with Gasteiger partial charge in [-0.05, 0) is 68.2 Å². The van der Waals surface area contributed by atoms with E-state index in [9.17, 15) is 9.90 Å². The molecule has 1 fully saturated rings. The van der Waals surface area contributed by atoms with Gasteiger partial charge in [0.2, 0.25) is 5.88 Å². The quantitative estimate of drug-likeness (QED) is 0.634. The van der Waals surface area contributed by atoms with E-state index in [2.05, 4.69) is 27.3 Å². The number of aryl methyl sites for hydroxylation is 2. The van der Waals surface area contributed by atoms with Crippen molar-refractivity contribution in [3.8, 4) is 5.88 Å². The van der Waals surface area contributed by atoms with Gasteiger partial charge in [0, 0.05) is 37.1 Å². The van der Waals surface area contributed by atoms with E-state index in [-0.39, 0.29) is 12.5 Å². The summed E-state index contributed by atoms with van der Waals surface area (Å²) in [6.07, 6.45) is 8.49. The summed E-state index contributed by atoms with van der Waals surface area (Å²) in [7, 11) is 1.58. The van der Waals surface area contributed by atoms with Crippen molar-refractivity contribution < 1.29 is 14.6 Å². The minimum atomic E-state index is -0.781. The van der Waals surface area contributed by atoms with E-state index >= 15 is 0 Å². The first kappa shape index (κ1) is 21.6. The Morgan fingerprint density at radius 3 is 3.03 bits per heavy atom. The molecule has 31 heavy (non-hydrogen) atoms. The Morgan fingerprint density at radius 1 is 1.35 bits per heavy atom. The molecule has 2 atom stereocenters. The van der Waals surface area contributed by atoms with Crippen molar-refractivity contribution in [2.75, 3.05) is 32.1 Å². The van der Waals surface area contributed by atoms with Crippen LogP contribution < -0.4 is 10.1 Å². The summed E-state index contributed by atoms with van der Waals surface area (Å²) in [5, 5.41) is 12.9.